The Kier molecular flexibility index (Phi) is 3.53. The second-order valence-corrected chi connectivity index (χ2v) is 4.07. The third-order valence-electron chi connectivity index (χ3n) is 1.67. The Morgan fingerprint density at radius 3 is 3.10 bits per heavy atom. The Hall–Kier alpha value is -0.283. The Bertz CT molecular complexity index is 99.8. The van der Waals surface area contributed by atoms with Crippen LogP contribution in [0.2, 0.25) is 0 Å². The number of hydrogen-bond donors (Lipinski definition) is 0. The normalized spacial score (nSPS) is 27.0. The zero-order valence-electron chi connectivity index (χ0n) is 6.21. The molecule has 1 heterocycles. The lowest BCUT2D eigenvalue weighted by Gasteiger charge is -2.20. The van der Waals surface area contributed by atoms with Gasteiger partial charge in [0.1, 0.15) is 0 Å². The van der Waals surface area contributed by atoms with Gasteiger partial charge in [0.2, 0.25) is 9.76 Å². The molecule has 0 aromatic heterocycles. The number of hydrogen-bond acceptors (Lipinski definition) is 2. The summed E-state index contributed by atoms with van der Waals surface area (Å²) in [6.45, 7) is 4.43. The molecule has 0 bridgehead atoms. The summed E-state index contributed by atoms with van der Waals surface area (Å²) in [5.74, 6) is 0. The summed E-state index contributed by atoms with van der Waals surface area (Å²) in [4.78, 5) is 0. The molecule has 1 unspecified atom stereocenters. The highest BCUT2D eigenvalue weighted by Gasteiger charge is 2.14. The third kappa shape index (κ3) is 2.54. The second kappa shape index (κ2) is 4.52. The average molecular weight is 158 g/mol. The molecule has 1 saturated heterocycles. The third-order valence-corrected chi connectivity index (χ3v) is 3.12. The summed E-state index contributed by atoms with van der Waals surface area (Å²) in [6, 6.07) is 0. The van der Waals surface area contributed by atoms with Crippen LogP contribution in [-0.2, 0) is 9.16 Å². The highest BCUT2D eigenvalue weighted by atomic mass is 28.2. The molecule has 1 rings (SSSR count). The molecule has 1 fully saturated rings. The maximum atomic E-state index is 5.47. The summed E-state index contributed by atoms with van der Waals surface area (Å²) in [5, 5.41) is 0. The van der Waals surface area contributed by atoms with Gasteiger partial charge in [0.25, 0.3) is 0 Å². The first-order valence-corrected chi connectivity index (χ1v) is 5.17. The lowest BCUT2D eigenvalue weighted by atomic mass is 10.2. The van der Waals surface area contributed by atoms with Crippen LogP contribution in [0, 0.1) is 0 Å². The van der Waals surface area contributed by atoms with Crippen molar-refractivity contribution in [3.63, 3.8) is 0 Å². The second-order valence-electron chi connectivity index (χ2n) is 2.49. The van der Waals surface area contributed by atoms with Crippen molar-refractivity contribution in [1.29, 1.82) is 0 Å². The monoisotopic (exact) mass is 158 g/mol. The summed E-state index contributed by atoms with van der Waals surface area (Å²) in [6.07, 6.45) is 5.25. The first-order chi connectivity index (χ1) is 4.93. The molecule has 1 aliphatic rings. The molecule has 0 radical (unpaired) electrons. The van der Waals surface area contributed by atoms with Gasteiger partial charge in [0, 0.05) is 6.61 Å². The van der Waals surface area contributed by atoms with E-state index in [9.17, 15) is 0 Å². The number of ether oxygens (including phenoxy) is 1. The summed E-state index contributed by atoms with van der Waals surface area (Å²) in [7, 11) is -0.475. The van der Waals surface area contributed by atoms with Crippen molar-refractivity contribution < 1.29 is 9.16 Å². The van der Waals surface area contributed by atoms with Crippen molar-refractivity contribution in [3.05, 3.63) is 12.8 Å². The van der Waals surface area contributed by atoms with Gasteiger partial charge in [-0.05, 0) is 19.3 Å². The van der Waals surface area contributed by atoms with Gasteiger partial charge < -0.3 is 9.16 Å². The molecular weight excluding hydrogens is 144 g/mol. The van der Waals surface area contributed by atoms with E-state index >= 15 is 0 Å². The topological polar surface area (TPSA) is 18.5 Å². The van der Waals surface area contributed by atoms with Crippen molar-refractivity contribution in [1.82, 2.24) is 0 Å². The van der Waals surface area contributed by atoms with Crippen LogP contribution >= 0.6 is 0 Å². The molecule has 1 atom stereocenters. The van der Waals surface area contributed by atoms with Crippen LogP contribution < -0.4 is 0 Å². The molecule has 0 amide bonds. The lowest BCUT2D eigenvalue weighted by Crippen LogP contribution is -2.26. The summed E-state index contributed by atoms with van der Waals surface area (Å²) >= 11 is 0. The molecule has 0 aromatic carbocycles. The molecule has 2 nitrogen and oxygen atoms in total. The van der Waals surface area contributed by atoms with Crippen molar-refractivity contribution in [2.45, 2.75) is 25.0 Å². The average Bonchev–Trinajstić information content (AvgIpc) is 2.03. The molecule has 58 valence electrons. The molecule has 0 aliphatic carbocycles. The van der Waals surface area contributed by atoms with Crippen LogP contribution in [0.3, 0.4) is 0 Å². The minimum atomic E-state index is -0.475. The van der Waals surface area contributed by atoms with Gasteiger partial charge >= 0.3 is 0 Å². The Morgan fingerprint density at radius 2 is 2.50 bits per heavy atom. The van der Waals surface area contributed by atoms with Crippen molar-refractivity contribution >= 4 is 9.76 Å². The smallest absolute Gasteiger partial charge is 0.247 e. The van der Waals surface area contributed by atoms with E-state index < -0.39 is 9.76 Å². The minimum absolute atomic E-state index is 0.451. The van der Waals surface area contributed by atoms with Crippen molar-refractivity contribution in [3.8, 4) is 0 Å². The van der Waals surface area contributed by atoms with E-state index in [1.807, 2.05) is 0 Å². The zero-order valence-corrected chi connectivity index (χ0v) is 7.63. The zero-order chi connectivity index (χ0) is 7.23. The molecule has 0 aromatic rings. The number of rotatable bonds is 3. The Labute approximate surface area is 64.2 Å². The molecule has 3 heteroatoms. The van der Waals surface area contributed by atoms with Gasteiger partial charge in [-0.15, -0.1) is 0 Å². The predicted octanol–water partition coefficient (Wildman–Crippen LogP) is 0.757. The van der Waals surface area contributed by atoms with E-state index in [0.717, 1.165) is 6.61 Å². The van der Waals surface area contributed by atoms with Crippen LogP contribution in [0.15, 0.2) is 12.8 Å². The van der Waals surface area contributed by atoms with E-state index in [4.69, 9.17) is 9.16 Å². The predicted molar refractivity (Wildman–Crippen MR) is 43.4 cm³/mol. The highest BCUT2D eigenvalue weighted by Crippen LogP contribution is 2.11. The summed E-state index contributed by atoms with van der Waals surface area (Å²) < 4.78 is 10.6. The summed E-state index contributed by atoms with van der Waals surface area (Å²) in [5.41, 5.74) is 0.451. The van der Waals surface area contributed by atoms with E-state index in [2.05, 4.69) is 6.58 Å². The maximum absolute atomic E-state index is 5.47. The molecule has 0 N–H and O–H groups in total. The van der Waals surface area contributed by atoms with Crippen molar-refractivity contribution in [2.75, 3.05) is 6.61 Å². The van der Waals surface area contributed by atoms with E-state index in [1.165, 1.54) is 25.5 Å². The fourth-order valence-electron chi connectivity index (χ4n) is 1.11. The van der Waals surface area contributed by atoms with Crippen LogP contribution in [0.25, 0.3) is 0 Å². The van der Waals surface area contributed by atoms with Gasteiger partial charge in [-0.3, -0.25) is 0 Å². The fraction of sp³-hybridized carbons (Fsp3) is 0.714. The minimum Gasteiger partial charge on any atom is -0.553 e. The maximum Gasteiger partial charge on any atom is 0.247 e. The van der Waals surface area contributed by atoms with Gasteiger partial charge in [-0.25, -0.2) is 0 Å². The van der Waals surface area contributed by atoms with Gasteiger partial charge in [-0.2, -0.15) is 0 Å². The van der Waals surface area contributed by atoms with Crippen LogP contribution in [-0.4, -0.2) is 22.1 Å². The Balaban J connectivity index is 2.07. The van der Waals surface area contributed by atoms with E-state index in [1.54, 1.807) is 0 Å². The molecular formula is C7H14O2Si. The van der Waals surface area contributed by atoms with Gasteiger partial charge in [-0.1, -0.05) is 6.58 Å². The molecule has 10 heavy (non-hydrogen) atoms. The standard InChI is InChI=1S/C7H14O2Si/c1-2-9-10-7-5-3-4-6-8-7/h2,7H,1,3-6,10H2. The Morgan fingerprint density at radius 1 is 1.60 bits per heavy atom. The lowest BCUT2D eigenvalue weighted by molar-refractivity contribution is 0.0584. The van der Waals surface area contributed by atoms with Crippen molar-refractivity contribution in [2.24, 2.45) is 0 Å². The van der Waals surface area contributed by atoms with Gasteiger partial charge in [0.05, 0.1) is 12.0 Å². The first-order valence-electron chi connectivity index (χ1n) is 3.77. The first kappa shape index (κ1) is 7.82. The van der Waals surface area contributed by atoms with Crippen LogP contribution in [0.5, 0.6) is 0 Å². The molecule has 0 saturated carbocycles. The molecule has 0 spiro atoms. The van der Waals surface area contributed by atoms with Crippen LogP contribution in [0.4, 0.5) is 0 Å². The largest absolute Gasteiger partial charge is 0.553 e. The SMILES string of the molecule is C=CO[SiH2]C1CCCCO1. The van der Waals surface area contributed by atoms with E-state index in [0.29, 0.717) is 5.73 Å². The fourth-order valence-corrected chi connectivity index (χ4v) is 2.18. The van der Waals surface area contributed by atoms with Crippen LogP contribution in [0.1, 0.15) is 19.3 Å². The molecule has 1 aliphatic heterocycles. The van der Waals surface area contributed by atoms with Gasteiger partial charge in [0.15, 0.2) is 0 Å². The highest BCUT2D eigenvalue weighted by molar-refractivity contribution is 6.29. The van der Waals surface area contributed by atoms with E-state index in [-0.39, 0.29) is 0 Å². The quantitative estimate of drug-likeness (QED) is 0.446.